The second-order valence-electron chi connectivity index (χ2n) is 5.66. The third kappa shape index (κ3) is 3.95. The molecule has 0 spiro atoms. The zero-order valence-corrected chi connectivity index (χ0v) is 15.1. The summed E-state index contributed by atoms with van der Waals surface area (Å²) in [6.45, 7) is 3.18. The number of nitrogens with one attached hydrogen (secondary N) is 1. The molecule has 1 amide bonds. The van der Waals surface area contributed by atoms with Crippen LogP contribution in [-0.4, -0.2) is 36.2 Å². The number of amides is 1. The molecule has 1 heterocycles. The molecule has 0 fully saturated rings. The Labute approximate surface area is 149 Å². The van der Waals surface area contributed by atoms with Crippen molar-refractivity contribution in [3.63, 3.8) is 0 Å². The van der Waals surface area contributed by atoms with Gasteiger partial charge in [0.25, 0.3) is 5.91 Å². The van der Waals surface area contributed by atoms with Gasteiger partial charge >= 0.3 is 5.97 Å². The van der Waals surface area contributed by atoms with Gasteiger partial charge in [0, 0.05) is 17.0 Å². The Balaban J connectivity index is 2.29. The molecular weight excluding hydrogens is 350 g/mol. The first-order valence-electron chi connectivity index (χ1n) is 7.18. The number of hydrogen-bond acceptors (Lipinski definition) is 4. The summed E-state index contributed by atoms with van der Waals surface area (Å²) >= 11 is 7.31. The molecule has 0 aliphatic carbocycles. The molecule has 2 N–H and O–H groups in total. The van der Waals surface area contributed by atoms with Crippen molar-refractivity contribution >= 4 is 34.8 Å². The SMILES string of the molecule is COCC(C)(NC(=O)c1cc(C)c(-c2cccc(Cl)c2)s1)C(=O)O. The van der Waals surface area contributed by atoms with E-state index in [-0.39, 0.29) is 6.61 Å². The minimum absolute atomic E-state index is 0.125. The molecule has 24 heavy (non-hydrogen) atoms. The van der Waals surface area contributed by atoms with Crippen LogP contribution in [0.5, 0.6) is 0 Å². The molecule has 1 atom stereocenters. The predicted octanol–water partition coefficient (Wildman–Crippen LogP) is 3.60. The minimum Gasteiger partial charge on any atom is -0.479 e. The van der Waals surface area contributed by atoms with Crippen molar-refractivity contribution in [3.05, 3.63) is 45.8 Å². The van der Waals surface area contributed by atoms with E-state index >= 15 is 0 Å². The van der Waals surface area contributed by atoms with E-state index in [1.54, 1.807) is 12.1 Å². The van der Waals surface area contributed by atoms with Crippen molar-refractivity contribution in [1.29, 1.82) is 0 Å². The smallest absolute Gasteiger partial charge is 0.331 e. The molecule has 2 rings (SSSR count). The molecule has 1 aromatic heterocycles. The number of halogens is 1. The highest BCUT2D eigenvalue weighted by molar-refractivity contribution is 7.17. The van der Waals surface area contributed by atoms with Crippen LogP contribution in [0, 0.1) is 6.92 Å². The predicted molar refractivity (Wildman–Crippen MR) is 94.9 cm³/mol. The van der Waals surface area contributed by atoms with E-state index in [2.05, 4.69) is 5.32 Å². The van der Waals surface area contributed by atoms with Crippen molar-refractivity contribution in [1.82, 2.24) is 5.32 Å². The highest BCUT2D eigenvalue weighted by Crippen LogP contribution is 2.33. The third-order valence-corrected chi connectivity index (χ3v) is 5.04. The summed E-state index contributed by atoms with van der Waals surface area (Å²) < 4.78 is 4.91. The molecule has 0 saturated carbocycles. The monoisotopic (exact) mass is 367 g/mol. The summed E-state index contributed by atoms with van der Waals surface area (Å²) in [5.41, 5.74) is 0.359. The Kier molecular flexibility index (Phi) is 5.64. The van der Waals surface area contributed by atoms with Gasteiger partial charge in [0.15, 0.2) is 5.54 Å². The lowest BCUT2D eigenvalue weighted by Crippen LogP contribution is -2.55. The highest BCUT2D eigenvalue weighted by atomic mass is 35.5. The molecule has 128 valence electrons. The molecule has 0 aliphatic heterocycles. The summed E-state index contributed by atoms with van der Waals surface area (Å²) in [4.78, 5) is 25.2. The third-order valence-electron chi connectivity index (χ3n) is 3.52. The second kappa shape index (κ2) is 7.34. The van der Waals surface area contributed by atoms with Gasteiger partial charge in [-0.2, -0.15) is 0 Å². The number of ether oxygens (including phenoxy) is 1. The second-order valence-corrected chi connectivity index (χ2v) is 7.15. The van der Waals surface area contributed by atoms with Crippen molar-refractivity contribution in [2.45, 2.75) is 19.4 Å². The van der Waals surface area contributed by atoms with Gasteiger partial charge < -0.3 is 15.2 Å². The first-order chi connectivity index (χ1) is 11.3. The summed E-state index contributed by atoms with van der Waals surface area (Å²) in [6.07, 6.45) is 0. The van der Waals surface area contributed by atoms with Gasteiger partial charge in [-0.25, -0.2) is 4.79 Å². The maximum absolute atomic E-state index is 12.5. The lowest BCUT2D eigenvalue weighted by molar-refractivity contribution is -0.145. The first-order valence-corrected chi connectivity index (χ1v) is 8.37. The standard InChI is InChI=1S/C17H18ClNO4S/c1-10-7-13(15(20)19-17(2,9-23-3)16(21)22)24-14(10)11-5-4-6-12(18)8-11/h4-8H,9H2,1-3H3,(H,19,20)(H,21,22). The molecule has 1 unspecified atom stereocenters. The van der Waals surface area contributed by atoms with Crippen LogP contribution < -0.4 is 5.32 Å². The Hall–Kier alpha value is -1.89. The Morgan fingerprint density at radius 3 is 2.67 bits per heavy atom. The average Bonchev–Trinajstić information content (AvgIpc) is 2.89. The van der Waals surface area contributed by atoms with Gasteiger partial charge in [0.05, 0.1) is 11.5 Å². The van der Waals surface area contributed by atoms with Crippen LogP contribution in [0.4, 0.5) is 0 Å². The number of aliphatic carboxylic acids is 1. The van der Waals surface area contributed by atoms with Gasteiger partial charge in [0.2, 0.25) is 0 Å². The van der Waals surface area contributed by atoms with Crippen molar-refractivity contribution in [2.75, 3.05) is 13.7 Å². The van der Waals surface area contributed by atoms with Crippen molar-refractivity contribution in [3.8, 4) is 10.4 Å². The van der Waals surface area contributed by atoms with Crippen LogP contribution in [0.3, 0.4) is 0 Å². The number of thiophene rings is 1. The van der Waals surface area contributed by atoms with Crippen LogP contribution in [-0.2, 0) is 9.53 Å². The number of carboxylic acid groups (broad SMARTS) is 1. The lowest BCUT2D eigenvalue weighted by Gasteiger charge is -2.24. The van der Waals surface area contributed by atoms with E-state index in [4.69, 9.17) is 16.3 Å². The summed E-state index contributed by atoms with van der Waals surface area (Å²) in [7, 11) is 1.39. The number of carbonyl (C=O) groups is 2. The van der Waals surface area contributed by atoms with Gasteiger partial charge in [0.1, 0.15) is 0 Å². The maximum Gasteiger partial charge on any atom is 0.331 e. The average molecular weight is 368 g/mol. The van der Waals surface area contributed by atoms with E-state index in [1.165, 1.54) is 25.4 Å². The normalized spacial score (nSPS) is 13.3. The van der Waals surface area contributed by atoms with Crippen LogP contribution in [0.2, 0.25) is 5.02 Å². The largest absolute Gasteiger partial charge is 0.479 e. The number of methoxy groups -OCH3 is 1. The Morgan fingerprint density at radius 1 is 1.38 bits per heavy atom. The summed E-state index contributed by atoms with van der Waals surface area (Å²) in [5, 5.41) is 12.5. The molecule has 0 aliphatic rings. The molecule has 0 saturated heterocycles. The molecular formula is C17H18ClNO4S. The summed E-state index contributed by atoms with van der Waals surface area (Å²) in [5.74, 6) is -1.60. The van der Waals surface area contributed by atoms with Crippen LogP contribution in [0.15, 0.2) is 30.3 Å². The van der Waals surface area contributed by atoms with E-state index in [0.29, 0.717) is 9.90 Å². The van der Waals surface area contributed by atoms with E-state index < -0.39 is 17.4 Å². The molecule has 0 radical (unpaired) electrons. The Bertz CT molecular complexity index is 774. The fourth-order valence-electron chi connectivity index (χ4n) is 2.26. The number of benzene rings is 1. The number of hydrogen-bond donors (Lipinski definition) is 2. The number of aryl methyl sites for hydroxylation is 1. The van der Waals surface area contributed by atoms with E-state index in [9.17, 15) is 14.7 Å². The first kappa shape index (κ1) is 18.4. The number of carboxylic acids is 1. The van der Waals surface area contributed by atoms with Crippen molar-refractivity contribution in [2.24, 2.45) is 0 Å². The molecule has 0 bridgehead atoms. The van der Waals surface area contributed by atoms with E-state index in [0.717, 1.165) is 16.0 Å². The molecule has 1 aromatic carbocycles. The lowest BCUT2D eigenvalue weighted by atomic mass is 10.0. The van der Waals surface area contributed by atoms with Gasteiger partial charge in [-0.1, -0.05) is 23.7 Å². The number of rotatable bonds is 6. The van der Waals surface area contributed by atoms with Crippen molar-refractivity contribution < 1.29 is 19.4 Å². The van der Waals surface area contributed by atoms with Crippen LogP contribution in [0.1, 0.15) is 22.2 Å². The summed E-state index contributed by atoms with van der Waals surface area (Å²) in [6, 6.07) is 9.11. The fraction of sp³-hybridized carbons (Fsp3) is 0.294. The Morgan fingerprint density at radius 2 is 2.08 bits per heavy atom. The van der Waals surface area contributed by atoms with Gasteiger partial charge in [-0.3, -0.25) is 4.79 Å². The molecule has 2 aromatic rings. The highest BCUT2D eigenvalue weighted by Gasteiger charge is 2.35. The fourth-order valence-corrected chi connectivity index (χ4v) is 3.52. The molecule has 5 nitrogen and oxygen atoms in total. The van der Waals surface area contributed by atoms with Crippen LogP contribution in [0.25, 0.3) is 10.4 Å². The van der Waals surface area contributed by atoms with Gasteiger partial charge in [-0.15, -0.1) is 11.3 Å². The minimum atomic E-state index is -1.49. The number of carbonyl (C=O) groups excluding carboxylic acids is 1. The van der Waals surface area contributed by atoms with Crippen LogP contribution >= 0.6 is 22.9 Å². The van der Waals surface area contributed by atoms with Gasteiger partial charge in [-0.05, 0) is 43.2 Å². The molecule has 7 heteroatoms. The zero-order valence-electron chi connectivity index (χ0n) is 13.6. The topological polar surface area (TPSA) is 75.6 Å². The zero-order chi connectivity index (χ0) is 17.9. The van der Waals surface area contributed by atoms with E-state index in [1.807, 2.05) is 25.1 Å². The quantitative estimate of drug-likeness (QED) is 0.818. The maximum atomic E-state index is 12.5.